The van der Waals surface area contributed by atoms with Crippen molar-refractivity contribution in [3.8, 4) is 5.75 Å². The molecule has 0 radical (unpaired) electrons. The van der Waals surface area contributed by atoms with Gasteiger partial charge in [0.05, 0.1) is 18.0 Å². The second-order valence-corrected chi connectivity index (χ2v) is 6.22. The molecule has 122 valence electrons. The van der Waals surface area contributed by atoms with E-state index in [1.165, 1.54) is 0 Å². The molecule has 3 rings (SSSR count). The van der Waals surface area contributed by atoms with Crippen LogP contribution in [0.2, 0.25) is 5.02 Å². The van der Waals surface area contributed by atoms with E-state index in [1.807, 2.05) is 26.0 Å². The number of rotatable bonds is 4. The lowest BCUT2D eigenvalue weighted by Gasteiger charge is -2.15. The first kappa shape index (κ1) is 15.7. The molecule has 7 heteroatoms. The van der Waals surface area contributed by atoms with E-state index in [2.05, 4.69) is 20.8 Å². The smallest absolute Gasteiger partial charge is 0.319 e. The number of amides is 2. The third kappa shape index (κ3) is 3.76. The number of fused-ring (bicyclic) bond motifs is 1. The second kappa shape index (κ2) is 6.50. The average molecular weight is 335 g/mol. The molecule has 1 aromatic heterocycles. The van der Waals surface area contributed by atoms with Crippen LogP contribution in [0.4, 0.5) is 10.5 Å². The molecule has 0 spiro atoms. The highest BCUT2D eigenvalue weighted by Gasteiger charge is 2.19. The maximum atomic E-state index is 12.2. The standard InChI is InChI=1S/C16H19ClN4O2/c1-9(5-13-6-10(2)20-21-13)18-16(22)19-14-8-12(17)7-11-3-4-23-15(11)14/h6-9H,3-5H2,1-2H3,(H,20,21)(H2,18,19,22)/t9-/m0/s1. The summed E-state index contributed by atoms with van der Waals surface area (Å²) in [5.41, 5.74) is 3.55. The number of halogens is 1. The molecule has 0 fully saturated rings. The summed E-state index contributed by atoms with van der Waals surface area (Å²) in [5.74, 6) is 0.708. The minimum Gasteiger partial charge on any atom is -0.491 e. The van der Waals surface area contributed by atoms with Gasteiger partial charge < -0.3 is 15.4 Å². The Morgan fingerprint density at radius 2 is 2.30 bits per heavy atom. The van der Waals surface area contributed by atoms with E-state index in [0.717, 1.165) is 23.4 Å². The Bertz CT molecular complexity index is 729. The van der Waals surface area contributed by atoms with Gasteiger partial charge in [-0.3, -0.25) is 5.10 Å². The Morgan fingerprint density at radius 3 is 3.04 bits per heavy atom. The Labute approximate surface area is 139 Å². The summed E-state index contributed by atoms with van der Waals surface area (Å²) >= 11 is 6.09. The molecule has 1 aromatic carbocycles. The number of H-pyrrole nitrogens is 1. The van der Waals surface area contributed by atoms with Gasteiger partial charge in [-0.25, -0.2) is 4.79 Å². The predicted octanol–water partition coefficient (Wildman–Crippen LogP) is 3.06. The van der Waals surface area contributed by atoms with E-state index in [1.54, 1.807) is 6.07 Å². The Hall–Kier alpha value is -2.21. The molecule has 0 unspecified atom stereocenters. The fourth-order valence-electron chi connectivity index (χ4n) is 2.69. The van der Waals surface area contributed by atoms with Crippen LogP contribution in [0.15, 0.2) is 18.2 Å². The summed E-state index contributed by atoms with van der Waals surface area (Å²) in [6, 6.07) is 5.20. The minimum atomic E-state index is -0.287. The molecule has 0 bridgehead atoms. The van der Waals surface area contributed by atoms with E-state index in [4.69, 9.17) is 16.3 Å². The Kier molecular flexibility index (Phi) is 4.43. The number of hydrogen-bond acceptors (Lipinski definition) is 3. The first-order valence-electron chi connectivity index (χ1n) is 7.55. The number of anilines is 1. The topological polar surface area (TPSA) is 79.0 Å². The lowest BCUT2D eigenvalue weighted by Crippen LogP contribution is -2.37. The van der Waals surface area contributed by atoms with Crippen molar-refractivity contribution < 1.29 is 9.53 Å². The quantitative estimate of drug-likeness (QED) is 0.804. The van der Waals surface area contributed by atoms with E-state index in [0.29, 0.717) is 29.5 Å². The van der Waals surface area contributed by atoms with Crippen LogP contribution in [-0.4, -0.2) is 28.9 Å². The molecular formula is C16H19ClN4O2. The van der Waals surface area contributed by atoms with Gasteiger partial charge in [0.1, 0.15) is 5.75 Å². The second-order valence-electron chi connectivity index (χ2n) is 5.79. The molecule has 0 aliphatic carbocycles. The van der Waals surface area contributed by atoms with Crippen molar-refractivity contribution in [3.63, 3.8) is 0 Å². The molecule has 3 N–H and O–H groups in total. The Balaban J connectivity index is 1.61. The summed E-state index contributed by atoms with van der Waals surface area (Å²) < 4.78 is 5.57. The lowest BCUT2D eigenvalue weighted by atomic mass is 10.1. The molecule has 2 aromatic rings. The SMILES string of the molecule is Cc1cc(C[C@H](C)NC(=O)Nc2cc(Cl)cc3c2OCC3)n[nH]1. The van der Waals surface area contributed by atoms with Gasteiger partial charge in [-0.2, -0.15) is 5.10 Å². The monoisotopic (exact) mass is 334 g/mol. The fraction of sp³-hybridized carbons (Fsp3) is 0.375. The number of hydrogen-bond donors (Lipinski definition) is 3. The van der Waals surface area contributed by atoms with Crippen molar-refractivity contribution in [2.45, 2.75) is 32.7 Å². The first-order valence-corrected chi connectivity index (χ1v) is 7.92. The molecule has 1 aliphatic rings. The number of nitrogens with one attached hydrogen (secondary N) is 3. The first-order chi connectivity index (χ1) is 11.0. The third-order valence-corrected chi connectivity index (χ3v) is 3.87. The molecule has 2 heterocycles. The maximum Gasteiger partial charge on any atom is 0.319 e. The van der Waals surface area contributed by atoms with Crippen LogP contribution in [0.1, 0.15) is 23.9 Å². The average Bonchev–Trinajstić information content (AvgIpc) is 3.07. The summed E-state index contributed by atoms with van der Waals surface area (Å²) in [7, 11) is 0. The van der Waals surface area contributed by atoms with Crippen LogP contribution in [0.3, 0.4) is 0 Å². The Morgan fingerprint density at radius 1 is 1.48 bits per heavy atom. The number of aromatic amines is 1. The minimum absolute atomic E-state index is 0.0501. The highest BCUT2D eigenvalue weighted by atomic mass is 35.5. The van der Waals surface area contributed by atoms with Crippen LogP contribution in [0.25, 0.3) is 0 Å². The van der Waals surface area contributed by atoms with E-state index < -0.39 is 0 Å². The molecule has 0 saturated heterocycles. The number of benzene rings is 1. The summed E-state index contributed by atoms with van der Waals surface area (Å²) in [6.45, 7) is 4.49. The molecular weight excluding hydrogens is 316 g/mol. The molecule has 1 aliphatic heterocycles. The number of aryl methyl sites for hydroxylation is 1. The zero-order valence-electron chi connectivity index (χ0n) is 13.1. The zero-order chi connectivity index (χ0) is 16.4. The summed E-state index contributed by atoms with van der Waals surface area (Å²) in [6.07, 6.45) is 1.46. The number of carbonyl (C=O) groups is 1. The van der Waals surface area contributed by atoms with Gasteiger partial charge in [0.15, 0.2) is 0 Å². The van der Waals surface area contributed by atoms with Crippen LogP contribution < -0.4 is 15.4 Å². The number of carbonyl (C=O) groups excluding carboxylic acids is 1. The van der Waals surface area contributed by atoms with Crippen LogP contribution in [0, 0.1) is 6.92 Å². The maximum absolute atomic E-state index is 12.2. The van der Waals surface area contributed by atoms with Gasteiger partial charge >= 0.3 is 6.03 Å². The summed E-state index contributed by atoms with van der Waals surface area (Å²) in [5, 5.41) is 13.4. The highest BCUT2D eigenvalue weighted by molar-refractivity contribution is 6.31. The van der Waals surface area contributed by atoms with Gasteiger partial charge in [0.2, 0.25) is 0 Å². The largest absolute Gasteiger partial charge is 0.491 e. The van der Waals surface area contributed by atoms with Gasteiger partial charge in [0, 0.05) is 35.2 Å². The van der Waals surface area contributed by atoms with Crippen LogP contribution in [-0.2, 0) is 12.8 Å². The van der Waals surface area contributed by atoms with E-state index in [9.17, 15) is 4.79 Å². The fourth-order valence-corrected chi connectivity index (χ4v) is 2.93. The molecule has 1 atom stereocenters. The van der Waals surface area contributed by atoms with Gasteiger partial charge in [-0.05, 0) is 32.0 Å². The van der Waals surface area contributed by atoms with Crippen molar-refractivity contribution in [1.29, 1.82) is 0 Å². The zero-order valence-corrected chi connectivity index (χ0v) is 13.8. The van der Waals surface area contributed by atoms with Crippen molar-refractivity contribution in [3.05, 3.63) is 40.2 Å². The van der Waals surface area contributed by atoms with Gasteiger partial charge in [-0.15, -0.1) is 0 Å². The molecule has 2 amide bonds. The van der Waals surface area contributed by atoms with Crippen LogP contribution >= 0.6 is 11.6 Å². The summed E-state index contributed by atoms with van der Waals surface area (Å²) in [4.78, 5) is 12.2. The third-order valence-electron chi connectivity index (χ3n) is 3.65. The number of aromatic nitrogens is 2. The van der Waals surface area contributed by atoms with Crippen molar-refractivity contribution >= 4 is 23.3 Å². The number of nitrogens with zero attached hydrogens (tertiary/aromatic N) is 1. The number of ether oxygens (including phenoxy) is 1. The predicted molar refractivity (Wildman–Crippen MR) is 89.3 cm³/mol. The van der Waals surface area contributed by atoms with Gasteiger partial charge in [0.25, 0.3) is 0 Å². The highest BCUT2D eigenvalue weighted by Crippen LogP contribution is 2.36. The molecule has 23 heavy (non-hydrogen) atoms. The van der Waals surface area contributed by atoms with Crippen molar-refractivity contribution in [2.75, 3.05) is 11.9 Å². The number of urea groups is 1. The molecule has 6 nitrogen and oxygen atoms in total. The van der Waals surface area contributed by atoms with Crippen molar-refractivity contribution in [1.82, 2.24) is 15.5 Å². The van der Waals surface area contributed by atoms with Gasteiger partial charge in [-0.1, -0.05) is 11.6 Å². The van der Waals surface area contributed by atoms with Crippen LogP contribution in [0.5, 0.6) is 5.75 Å². The van der Waals surface area contributed by atoms with E-state index in [-0.39, 0.29) is 12.1 Å². The lowest BCUT2D eigenvalue weighted by molar-refractivity contribution is 0.249. The van der Waals surface area contributed by atoms with Crippen molar-refractivity contribution in [2.24, 2.45) is 0 Å². The van der Waals surface area contributed by atoms with E-state index >= 15 is 0 Å². The molecule has 0 saturated carbocycles. The normalized spacial score (nSPS) is 14.0.